The van der Waals surface area contributed by atoms with Crippen LogP contribution in [0, 0.1) is 0 Å². The van der Waals surface area contributed by atoms with Crippen LogP contribution in [0.1, 0.15) is 44.9 Å². The average molecular weight is 428 g/mol. The molecule has 0 aromatic heterocycles. The average Bonchev–Trinajstić information content (AvgIpc) is 3.23. The van der Waals surface area contributed by atoms with Gasteiger partial charge in [0.25, 0.3) is 0 Å². The molecule has 3 unspecified atom stereocenters. The molecule has 1 aliphatic heterocycles. The summed E-state index contributed by atoms with van der Waals surface area (Å²) in [6.45, 7) is 0.654. The summed E-state index contributed by atoms with van der Waals surface area (Å²) in [5.74, 6) is -3.51. The van der Waals surface area contributed by atoms with E-state index in [1.807, 2.05) is 0 Å². The third-order valence-electron chi connectivity index (χ3n) is 4.69. The SMILES string of the molecule is NCCCCC(NC(=O)CNC(=O)C(CCC(N)=O)NC(=O)C1CCCN1)C(=O)O. The Kier molecular flexibility index (Phi) is 11.4. The first-order valence-corrected chi connectivity index (χ1v) is 10.1. The molecule has 0 radical (unpaired) electrons. The third-order valence-corrected chi connectivity index (χ3v) is 4.69. The van der Waals surface area contributed by atoms with Crippen molar-refractivity contribution in [2.24, 2.45) is 11.5 Å². The Hall–Kier alpha value is -2.73. The molecule has 1 aliphatic rings. The molecular formula is C18H32N6O6. The number of hydrogen-bond donors (Lipinski definition) is 7. The highest BCUT2D eigenvalue weighted by molar-refractivity contribution is 5.93. The molecule has 1 saturated heterocycles. The monoisotopic (exact) mass is 428 g/mol. The Balaban J connectivity index is 2.57. The molecule has 30 heavy (non-hydrogen) atoms. The van der Waals surface area contributed by atoms with Crippen LogP contribution in [0.25, 0.3) is 0 Å². The smallest absolute Gasteiger partial charge is 0.326 e. The molecule has 1 rings (SSSR count). The fourth-order valence-corrected chi connectivity index (χ4v) is 3.02. The zero-order chi connectivity index (χ0) is 22.5. The van der Waals surface area contributed by atoms with Gasteiger partial charge in [0.2, 0.25) is 23.6 Å². The van der Waals surface area contributed by atoms with Gasteiger partial charge in [-0.1, -0.05) is 0 Å². The molecule has 170 valence electrons. The van der Waals surface area contributed by atoms with Crippen molar-refractivity contribution in [1.82, 2.24) is 21.3 Å². The number of rotatable bonds is 14. The normalized spacial score (nSPS) is 17.6. The summed E-state index contributed by atoms with van der Waals surface area (Å²) in [5, 5.41) is 19.5. The van der Waals surface area contributed by atoms with Gasteiger partial charge in [-0.25, -0.2) is 4.79 Å². The van der Waals surface area contributed by atoms with Crippen LogP contribution in [-0.4, -0.2) is 72.5 Å². The van der Waals surface area contributed by atoms with Crippen molar-refractivity contribution >= 4 is 29.6 Å². The number of primary amides is 1. The van der Waals surface area contributed by atoms with Crippen molar-refractivity contribution in [3.05, 3.63) is 0 Å². The summed E-state index contributed by atoms with van der Waals surface area (Å²) >= 11 is 0. The number of hydrogen-bond acceptors (Lipinski definition) is 7. The van der Waals surface area contributed by atoms with E-state index < -0.39 is 48.4 Å². The van der Waals surface area contributed by atoms with Gasteiger partial charge >= 0.3 is 5.97 Å². The molecule has 1 fully saturated rings. The van der Waals surface area contributed by atoms with Crippen molar-refractivity contribution in [1.29, 1.82) is 0 Å². The minimum absolute atomic E-state index is 0.0158. The lowest BCUT2D eigenvalue weighted by Crippen LogP contribution is -2.53. The number of unbranched alkanes of at least 4 members (excludes halogenated alkanes) is 1. The molecule has 3 atom stereocenters. The van der Waals surface area contributed by atoms with Crippen LogP contribution in [0.15, 0.2) is 0 Å². The lowest BCUT2D eigenvalue weighted by molar-refractivity contribution is -0.142. The van der Waals surface area contributed by atoms with E-state index in [0.717, 1.165) is 6.42 Å². The summed E-state index contributed by atoms with van der Waals surface area (Å²) in [5.41, 5.74) is 10.5. The van der Waals surface area contributed by atoms with Crippen molar-refractivity contribution in [3.63, 3.8) is 0 Å². The standard InChI is InChI=1S/C18H32N6O6/c19-8-2-1-4-13(18(29)30)23-15(26)10-22-16(27)12(6-7-14(20)25)24-17(28)11-5-3-9-21-11/h11-13,21H,1-10,19H2,(H2,20,25)(H,22,27)(H,23,26)(H,24,28)(H,29,30). The molecule has 0 saturated carbocycles. The van der Waals surface area contributed by atoms with Gasteiger partial charge in [-0.05, 0) is 51.6 Å². The summed E-state index contributed by atoms with van der Waals surface area (Å²) in [4.78, 5) is 59.0. The van der Waals surface area contributed by atoms with E-state index in [4.69, 9.17) is 11.5 Å². The number of amides is 4. The maximum absolute atomic E-state index is 12.4. The highest BCUT2D eigenvalue weighted by Gasteiger charge is 2.28. The number of nitrogens with two attached hydrogens (primary N) is 2. The van der Waals surface area contributed by atoms with E-state index in [-0.39, 0.29) is 25.2 Å². The number of carboxylic acid groups (broad SMARTS) is 1. The van der Waals surface area contributed by atoms with Gasteiger partial charge in [0, 0.05) is 6.42 Å². The van der Waals surface area contributed by atoms with E-state index in [9.17, 15) is 29.1 Å². The van der Waals surface area contributed by atoms with Crippen molar-refractivity contribution in [2.45, 2.75) is 63.1 Å². The zero-order valence-electron chi connectivity index (χ0n) is 16.9. The van der Waals surface area contributed by atoms with Gasteiger partial charge < -0.3 is 37.8 Å². The molecule has 0 aromatic rings. The maximum Gasteiger partial charge on any atom is 0.326 e. The Bertz CT molecular complexity index is 622. The summed E-state index contributed by atoms with van der Waals surface area (Å²) < 4.78 is 0. The van der Waals surface area contributed by atoms with Crippen LogP contribution in [-0.2, 0) is 24.0 Å². The minimum atomic E-state index is -1.18. The van der Waals surface area contributed by atoms with E-state index in [1.54, 1.807) is 0 Å². The quantitative estimate of drug-likeness (QED) is 0.145. The Morgan fingerprint density at radius 1 is 1.07 bits per heavy atom. The second kappa shape index (κ2) is 13.5. The Labute approximate surface area is 174 Å². The minimum Gasteiger partial charge on any atom is -0.480 e. The number of carbonyl (C=O) groups excluding carboxylic acids is 4. The predicted octanol–water partition coefficient (Wildman–Crippen LogP) is -2.70. The van der Waals surface area contributed by atoms with Crippen molar-refractivity contribution < 1.29 is 29.1 Å². The molecule has 0 aromatic carbocycles. The molecule has 9 N–H and O–H groups in total. The highest BCUT2D eigenvalue weighted by atomic mass is 16.4. The highest BCUT2D eigenvalue weighted by Crippen LogP contribution is 2.06. The van der Waals surface area contributed by atoms with Gasteiger partial charge in [0.1, 0.15) is 12.1 Å². The van der Waals surface area contributed by atoms with Crippen molar-refractivity contribution in [2.75, 3.05) is 19.6 Å². The van der Waals surface area contributed by atoms with Crippen LogP contribution in [0.3, 0.4) is 0 Å². The first-order chi connectivity index (χ1) is 14.2. The van der Waals surface area contributed by atoms with Gasteiger partial charge in [0.05, 0.1) is 12.6 Å². The number of nitrogens with one attached hydrogen (secondary N) is 4. The predicted molar refractivity (Wildman–Crippen MR) is 107 cm³/mol. The largest absolute Gasteiger partial charge is 0.480 e. The molecule has 12 heteroatoms. The van der Waals surface area contributed by atoms with E-state index in [1.165, 1.54) is 0 Å². The molecule has 1 heterocycles. The molecule has 0 bridgehead atoms. The first kappa shape index (κ1) is 25.3. The fraction of sp³-hybridized carbons (Fsp3) is 0.722. The summed E-state index contributed by atoms with van der Waals surface area (Å²) in [6.07, 6.45) is 2.73. The van der Waals surface area contributed by atoms with Crippen LogP contribution in [0.4, 0.5) is 0 Å². The van der Waals surface area contributed by atoms with E-state index in [0.29, 0.717) is 32.4 Å². The third kappa shape index (κ3) is 9.65. The second-order valence-electron chi connectivity index (χ2n) is 7.18. The van der Waals surface area contributed by atoms with E-state index >= 15 is 0 Å². The van der Waals surface area contributed by atoms with Crippen LogP contribution in [0.2, 0.25) is 0 Å². The summed E-state index contributed by atoms with van der Waals surface area (Å²) in [7, 11) is 0. The molecule has 12 nitrogen and oxygen atoms in total. The number of carboxylic acids is 1. The lowest BCUT2D eigenvalue weighted by atomic mass is 10.1. The Morgan fingerprint density at radius 2 is 1.80 bits per heavy atom. The van der Waals surface area contributed by atoms with Gasteiger partial charge in [-0.3, -0.25) is 19.2 Å². The van der Waals surface area contributed by atoms with Crippen LogP contribution >= 0.6 is 0 Å². The maximum atomic E-state index is 12.4. The number of aliphatic carboxylic acids is 1. The molecule has 4 amide bonds. The Morgan fingerprint density at radius 3 is 2.37 bits per heavy atom. The molecule has 0 aliphatic carbocycles. The molecular weight excluding hydrogens is 396 g/mol. The van der Waals surface area contributed by atoms with Gasteiger partial charge in [0.15, 0.2) is 0 Å². The topological polar surface area (TPSA) is 206 Å². The lowest BCUT2D eigenvalue weighted by Gasteiger charge is -2.20. The fourth-order valence-electron chi connectivity index (χ4n) is 3.02. The van der Waals surface area contributed by atoms with E-state index in [2.05, 4.69) is 21.3 Å². The number of carbonyl (C=O) groups is 5. The van der Waals surface area contributed by atoms with Crippen molar-refractivity contribution in [3.8, 4) is 0 Å². The van der Waals surface area contributed by atoms with Gasteiger partial charge in [-0.2, -0.15) is 0 Å². The summed E-state index contributed by atoms with van der Waals surface area (Å²) in [6, 6.07) is -2.54. The van der Waals surface area contributed by atoms with Crippen LogP contribution in [0.5, 0.6) is 0 Å². The second-order valence-corrected chi connectivity index (χ2v) is 7.18. The first-order valence-electron chi connectivity index (χ1n) is 10.1. The van der Waals surface area contributed by atoms with Gasteiger partial charge in [-0.15, -0.1) is 0 Å². The molecule has 0 spiro atoms. The zero-order valence-corrected chi connectivity index (χ0v) is 16.9. The van der Waals surface area contributed by atoms with Crippen LogP contribution < -0.4 is 32.7 Å².